The molecule has 0 atom stereocenters. The van der Waals surface area contributed by atoms with Crippen molar-refractivity contribution in [3.63, 3.8) is 0 Å². The number of aromatic nitrogens is 2. The SMILES string of the molecule is NC(=O)c1ccc(C2(S(=O)(=O)O)CCCCC2)c(C(=O)c2c[nH]c3ncc(F)cc23)c1. The number of benzene rings is 1. The van der Waals surface area contributed by atoms with E-state index in [9.17, 15) is 27.0 Å². The smallest absolute Gasteiger partial charge is 0.274 e. The summed E-state index contributed by atoms with van der Waals surface area (Å²) in [5, 5.41) is 0.213. The summed E-state index contributed by atoms with van der Waals surface area (Å²) in [4.78, 5) is 32.0. The molecule has 4 rings (SSSR count). The lowest BCUT2D eigenvalue weighted by atomic mass is 9.79. The normalized spacial score (nSPS) is 16.3. The summed E-state index contributed by atoms with van der Waals surface area (Å²) >= 11 is 0. The van der Waals surface area contributed by atoms with Crippen molar-refractivity contribution in [1.82, 2.24) is 9.97 Å². The predicted octanol–water partition coefficient (Wildman–Crippen LogP) is 3.08. The highest BCUT2D eigenvalue weighted by atomic mass is 32.2. The molecule has 0 saturated heterocycles. The Labute approximate surface area is 177 Å². The van der Waals surface area contributed by atoms with E-state index >= 15 is 0 Å². The van der Waals surface area contributed by atoms with Gasteiger partial charge in [-0.15, -0.1) is 0 Å². The van der Waals surface area contributed by atoms with Gasteiger partial charge in [0.15, 0.2) is 5.78 Å². The van der Waals surface area contributed by atoms with Gasteiger partial charge in [0.2, 0.25) is 5.91 Å². The third-order valence-electron chi connectivity index (χ3n) is 5.94. The molecule has 1 saturated carbocycles. The number of H-pyrrole nitrogens is 1. The Morgan fingerprint density at radius 2 is 1.84 bits per heavy atom. The molecule has 0 radical (unpaired) electrons. The third-order valence-corrected chi connectivity index (χ3v) is 7.55. The van der Waals surface area contributed by atoms with Gasteiger partial charge in [-0.1, -0.05) is 25.3 Å². The van der Waals surface area contributed by atoms with Gasteiger partial charge in [0.05, 0.1) is 6.20 Å². The predicted molar refractivity (Wildman–Crippen MR) is 111 cm³/mol. The first-order valence-corrected chi connectivity index (χ1v) is 11.2. The van der Waals surface area contributed by atoms with Crippen LogP contribution in [0.1, 0.15) is 63.9 Å². The van der Waals surface area contributed by atoms with Gasteiger partial charge in [0, 0.05) is 28.3 Å². The van der Waals surface area contributed by atoms with Crippen LogP contribution in [0, 0.1) is 5.82 Å². The molecule has 3 aromatic rings. The number of hydrogen-bond donors (Lipinski definition) is 3. The van der Waals surface area contributed by atoms with E-state index in [2.05, 4.69) is 9.97 Å². The highest BCUT2D eigenvalue weighted by Crippen LogP contribution is 2.45. The first kappa shape index (κ1) is 21.1. The summed E-state index contributed by atoms with van der Waals surface area (Å²) in [6.07, 6.45) is 4.51. The molecule has 162 valence electrons. The van der Waals surface area contributed by atoms with Gasteiger partial charge in [-0.3, -0.25) is 14.1 Å². The van der Waals surface area contributed by atoms with Crippen molar-refractivity contribution in [1.29, 1.82) is 0 Å². The third kappa shape index (κ3) is 3.51. The number of amides is 1. The largest absolute Gasteiger partial charge is 0.366 e. The summed E-state index contributed by atoms with van der Waals surface area (Å²) in [5.74, 6) is -2.07. The van der Waals surface area contributed by atoms with Crippen molar-refractivity contribution in [3.8, 4) is 0 Å². The summed E-state index contributed by atoms with van der Waals surface area (Å²) in [6.45, 7) is 0. The van der Waals surface area contributed by atoms with Gasteiger partial charge in [-0.2, -0.15) is 8.42 Å². The number of primary amides is 1. The Bertz CT molecular complexity index is 1310. The summed E-state index contributed by atoms with van der Waals surface area (Å²) < 4.78 is 47.3. The number of ketones is 1. The summed E-state index contributed by atoms with van der Waals surface area (Å²) in [5.41, 5.74) is 5.74. The van der Waals surface area contributed by atoms with Crippen LogP contribution in [0.3, 0.4) is 0 Å². The zero-order valence-electron chi connectivity index (χ0n) is 16.4. The van der Waals surface area contributed by atoms with Crippen LogP contribution in [0.4, 0.5) is 4.39 Å². The Morgan fingerprint density at radius 1 is 1.13 bits per heavy atom. The molecule has 1 aliphatic rings. The van der Waals surface area contributed by atoms with Crippen molar-refractivity contribution >= 4 is 32.8 Å². The average Bonchev–Trinajstić information content (AvgIpc) is 3.15. The second-order valence-corrected chi connectivity index (χ2v) is 9.47. The van der Waals surface area contributed by atoms with E-state index < -0.39 is 32.4 Å². The minimum atomic E-state index is -4.60. The van der Waals surface area contributed by atoms with Crippen molar-refractivity contribution in [2.75, 3.05) is 0 Å². The maximum Gasteiger partial charge on any atom is 0.274 e. The van der Waals surface area contributed by atoms with Gasteiger partial charge >= 0.3 is 0 Å². The van der Waals surface area contributed by atoms with Crippen LogP contribution < -0.4 is 5.73 Å². The lowest BCUT2D eigenvalue weighted by molar-refractivity contribution is 0.1000. The van der Waals surface area contributed by atoms with Crippen molar-refractivity contribution in [2.45, 2.75) is 36.9 Å². The number of nitrogens with one attached hydrogen (secondary N) is 1. The van der Waals surface area contributed by atoms with Crippen molar-refractivity contribution < 1.29 is 27.0 Å². The van der Waals surface area contributed by atoms with Gasteiger partial charge < -0.3 is 10.7 Å². The monoisotopic (exact) mass is 445 g/mol. The number of pyridine rings is 1. The minimum absolute atomic E-state index is 0.0116. The highest BCUT2D eigenvalue weighted by Gasteiger charge is 2.47. The van der Waals surface area contributed by atoms with E-state index in [0.717, 1.165) is 18.7 Å². The molecule has 4 N–H and O–H groups in total. The molecule has 8 nitrogen and oxygen atoms in total. The number of aromatic amines is 1. The van der Waals surface area contributed by atoms with Crippen molar-refractivity contribution in [2.24, 2.45) is 5.73 Å². The lowest BCUT2D eigenvalue weighted by Gasteiger charge is -2.36. The van der Waals surface area contributed by atoms with E-state index in [1.165, 1.54) is 24.4 Å². The van der Waals surface area contributed by atoms with E-state index in [0.29, 0.717) is 12.8 Å². The standard InChI is InChI=1S/C21H20FN3O5S/c22-13-9-14-16(11-25-20(14)24-10-13)18(26)15-8-12(19(23)27)4-5-17(15)21(31(28,29)30)6-2-1-3-7-21/h4-5,8-11H,1-3,6-7H2,(H2,23,27)(H,24,25)(H,28,29,30). The maximum absolute atomic E-state index is 13.8. The average molecular weight is 445 g/mol. The van der Waals surface area contributed by atoms with Gasteiger partial charge in [0.1, 0.15) is 16.2 Å². The first-order chi connectivity index (χ1) is 14.6. The number of carbonyl (C=O) groups excluding carboxylic acids is 2. The van der Waals surface area contributed by atoms with Crippen molar-refractivity contribution in [3.05, 3.63) is 64.7 Å². The second kappa shape index (κ2) is 7.54. The molecule has 2 aromatic heterocycles. The molecule has 2 heterocycles. The molecule has 1 aromatic carbocycles. The molecule has 1 aliphatic carbocycles. The Hall–Kier alpha value is -3.11. The first-order valence-electron chi connectivity index (χ1n) is 9.73. The molecule has 1 fully saturated rings. The van der Waals surface area contributed by atoms with E-state index in [-0.39, 0.29) is 46.1 Å². The second-order valence-electron chi connectivity index (χ2n) is 7.74. The molecule has 31 heavy (non-hydrogen) atoms. The molecule has 1 amide bonds. The van der Waals surface area contributed by atoms with Crippen LogP contribution >= 0.6 is 0 Å². The number of carbonyl (C=O) groups is 2. The molecule has 0 spiro atoms. The maximum atomic E-state index is 13.8. The molecule has 10 heteroatoms. The molecular weight excluding hydrogens is 425 g/mol. The number of nitrogens with zero attached hydrogens (tertiary/aromatic N) is 1. The quantitative estimate of drug-likeness (QED) is 0.407. The Morgan fingerprint density at radius 3 is 2.48 bits per heavy atom. The van der Waals surface area contributed by atoms with Gasteiger partial charge in [-0.25, -0.2) is 9.37 Å². The molecule has 0 aliphatic heterocycles. The summed E-state index contributed by atoms with van der Waals surface area (Å²) in [6, 6.07) is 5.07. The number of hydrogen-bond acceptors (Lipinski definition) is 5. The fourth-order valence-electron chi connectivity index (χ4n) is 4.38. The fourth-order valence-corrected chi connectivity index (χ4v) is 5.64. The Balaban J connectivity index is 1.97. The van der Waals surface area contributed by atoms with Crippen LogP contribution in [-0.2, 0) is 14.9 Å². The molecule has 0 bridgehead atoms. The minimum Gasteiger partial charge on any atom is -0.366 e. The molecule has 0 unspecified atom stereocenters. The number of halogens is 1. The fraction of sp³-hybridized carbons (Fsp3) is 0.286. The van der Waals surface area contributed by atoms with Gasteiger partial charge in [-0.05, 0) is 36.6 Å². The van der Waals surface area contributed by atoms with Crippen LogP contribution in [0.5, 0.6) is 0 Å². The number of nitrogens with two attached hydrogens (primary N) is 1. The van der Waals surface area contributed by atoms with Gasteiger partial charge in [0.25, 0.3) is 10.1 Å². The highest BCUT2D eigenvalue weighted by molar-refractivity contribution is 7.86. The summed E-state index contributed by atoms with van der Waals surface area (Å²) in [7, 11) is -4.60. The topological polar surface area (TPSA) is 143 Å². The number of rotatable bonds is 5. The van der Waals surface area contributed by atoms with E-state index in [4.69, 9.17) is 5.73 Å². The van der Waals surface area contributed by atoms with Crippen LogP contribution in [0.25, 0.3) is 11.0 Å². The Kier molecular flexibility index (Phi) is 5.14. The number of fused-ring (bicyclic) bond motifs is 1. The van der Waals surface area contributed by atoms with Crippen LogP contribution in [0.2, 0.25) is 0 Å². The zero-order chi connectivity index (χ0) is 22.4. The molecular formula is C21H20FN3O5S. The van der Waals surface area contributed by atoms with E-state index in [1.54, 1.807) is 0 Å². The zero-order valence-corrected chi connectivity index (χ0v) is 17.2. The van der Waals surface area contributed by atoms with Crippen LogP contribution in [0.15, 0.2) is 36.7 Å². The van der Waals surface area contributed by atoms with Crippen LogP contribution in [-0.4, -0.2) is 34.6 Å². The lowest BCUT2D eigenvalue weighted by Crippen LogP contribution is -2.39. The van der Waals surface area contributed by atoms with E-state index in [1.807, 2.05) is 0 Å².